The van der Waals surface area contributed by atoms with Crippen molar-refractivity contribution >= 4 is 17.2 Å². The molecule has 1 heterocycles. The molecule has 0 unspecified atom stereocenters. The first-order valence-electron chi connectivity index (χ1n) is 6.40. The molecule has 0 radical (unpaired) electrons. The Morgan fingerprint density at radius 1 is 1.43 bits per heavy atom. The second-order valence-corrected chi connectivity index (χ2v) is 5.20. The van der Waals surface area contributed by atoms with Gasteiger partial charge in [-0.05, 0) is 32.0 Å². The fourth-order valence-electron chi connectivity index (χ4n) is 1.87. The van der Waals surface area contributed by atoms with E-state index in [-0.39, 0.29) is 5.91 Å². The Hall–Kier alpha value is -2.12. The first kappa shape index (κ1) is 15.3. The topological polar surface area (TPSA) is 86.5 Å². The third kappa shape index (κ3) is 3.14. The second kappa shape index (κ2) is 6.55. The Morgan fingerprint density at radius 3 is 2.81 bits per heavy atom. The van der Waals surface area contributed by atoms with E-state index in [0.29, 0.717) is 28.7 Å². The van der Waals surface area contributed by atoms with Crippen LogP contribution in [0.5, 0.6) is 11.5 Å². The number of hydrogen-bond acceptors (Lipinski definition) is 6. The zero-order valence-electron chi connectivity index (χ0n) is 12.1. The van der Waals surface area contributed by atoms with Crippen LogP contribution in [0.15, 0.2) is 18.2 Å². The quantitative estimate of drug-likeness (QED) is 0.502. The molecule has 6 nitrogen and oxygen atoms in total. The summed E-state index contributed by atoms with van der Waals surface area (Å²) in [6.07, 6.45) is 0. The molecule has 0 fully saturated rings. The van der Waals surface area contributed by atoms with E-state index in [0.717, 1.165) is 10.6 Å². The highest BCUT2D eigenvalue weighted by atomic mass is 32.1. The van der Waals surface area contributed by atoms with Crippen molar-refractivity contribution < 1.29 is 14.3 Å². The molecule has 0 aliphatic rings. The molecule has 0 aliphatic carbocycles. The number of benzene rings is 1. The van der Waals surface area contributed by atoms with Gasteiger partial charge in [0.1, 0.15) is 9.88 Å². The lowest BCUT2D eigenvalue weighted by molar-refractivity contribution is 0.0957. The van der Waals surface area contributed by atoms with Crippen molar-refractivity contribution in [1.29, 1.82) is 0 Å². The van der Waals surface area contributed by atoms with Crippen molar-refractivity contribution in [2.75, 3.05) is 13.7 Å². The molecule has 1 aromatic carbocycles. The van der Waals surface area contributed by atoms with Crippen LogP contribution >= 0.6 is 11.3 Å². The second-order valence-electron chi connectivity index (χ2n) is 4.21. The average Bonchev–Trinajstić information content (AvgIpc) is 2.88. The van der Waals surface area contributed by atoms with Gasteiger partial charge in [0.2, 0.25) is 0 Å². The van der Waals surface area contributed by atoms with Gasteiger partial charge in [-0.3, -0.25) is 10.2 Å². The number of methoxy groups -OCH3 is 1. The van der Waals surface area contributed by atoms with Crippen LogP contribution in [0.1, 0.15) is 22.3 Å². The number of aromatic nitrogens is 1. The lowest BCUT2D eigenvalue weighted by Gasteiger charge is -2.10. The van der Waals surface area contributed by atoms with Crippen LogP contribution < -0.4 is 20.7 Å². The summed E-state index contributed by atoms with van der Waals surface area (Å²) in [5.74, 6) is 6.14. The summed E-state index contributed by atoms with van der Waals surface area (Å²) in [4.78, 5) is 16.6. The van der Waals surface area contributed by atoms with Gasteiger partial charge in [0.25, 0.3) is 5.91 Å². The average molecular weight is 307 g/mol. The Morgan fingerprint density at radius 2 is 2.19 bits per heavy atom. The number of nitrogens with one attached hydrogen (secondary N) is 1. The number of carbonyl (C=O) groups excluding carboxylic acids is 1. The minimum atomic E-state index is -0.338. The number of rotatable bonds is 5. The number of amides is 1. The predicted octanol–water partition coefficient (Wildman–Crippen LogP) is 2.13. The van der Waals surface area contributed by atoms with Crippen LogP contribution in [0.4, 0.5) is 0 Å². The molecule has 0 saturated carbocycles. The first-order chi connectivity index (χ1) is 10.1. The van der Waals surface area contributed by atoms with E-state index in [1.807, 2.05) is 25.1 Å². The molecular weight excluding hydrogens is 290 g/mol. The number of nitrogens with two attached hydrogens (primary N) is 1. The van der Waals surface area contributed by atoms with Gasteiger partial charge in [0, 0.05) is 5.56 Å². The van der Waals surface area contributed by atoms with Gasteiger partial charge in [-0.25, -0.2) is 10.8 Å². The van der Waals surface area contributed by atoms with E-state index in [2.05, 4.69) is 10.4 Å². The maximum absolute atomic E-state index is 11.6. The molecule has 112 valence electrons. The highest BCUT2D eigenvalue weighted by molar-refractivity contribution is 7.17. The number of thiazole rings is 1. The van der Waals surface area contributed by atoms with Gasteiger partial charge in [-0.1, -0.05) is 0 Å². The number of nitrogen functional groups attached to an aromatic ring is 1. The van der Waals surface area contributed by atoms with Gasteiger partial charge in [-0.15, -0.1) is 11.3 Å². The largest absolute Gasteiger partial charge is 0.493 e. The molecule has 7 heteroatoms. The predicted molar refractivity (Wildman–Crippen MR) is 81.7 cm³/mol. The Kier molecular flexibility index (Phi) is 4.77. The highest BCUT2D eigenvalue weighted by Gasteiger charge is 2.16. The molecule has 1 aromatic heterocycles. The minimum absolute atomic E-state index is 0.338. The SMILES string of the molecule is CCOc1cc(-c2nc(C)c(C(=O)NN)s2)ccc1OC. The van der Waals surface area contributed by atoms with Crippen molar-refractivity contribution in [3.8, 4) is 22.1 Å². The van der Waals surface area contributed by atoms with E-state index in [1.54, 1.807) is 14.0 Å². The Balaban J connectivity index is 2.42. The van der Waals surface area contributed by atoms with Crippen LogP contribution in [-0.4, -0.2) is 24.6 Å². The molecule has 0 bridgehead atoms. The highest BCUT2D eigenvalue weighted by Crippen LogP contribution is 2.35. The molecule has 0 aliphatic heterocycles. The standard InChI is InChI=1S/C14H17N3O3S/c1-4-20-11-7-9(5-6-10(11)19-3)14-16-8(2)12(21-14)13(18)17-15/h5-7H,4,15H2,1-3H3,(H,17,18). The summed E-state index contributed by atoms with van der Waals surface area (Å²) in [7, 11) is 1.59. The normalized spacial score (nSPS) is 10.3. The van der Waals surface area contributed by atoms with Crippen LogP contribution in [0.25, 0.3) is 10.6 Å². The van der Waals surface area contributed by atoms with Gasteiger partial charge in [0.15, 0.2) is 11.5 Å². The monoisotopic (exact) mass is 307 g/mol. The molecular formula is C14H17N3O3S. The van der Waals surface area contributed by atoms with Crippen LogP contribution in [0.3, 0.4) is 0 Å². The van der Waals surface area contributed by atoms with E-state index in [1.165, 1.54) is 11.3 Å². The summed E-state index contributed by atoms with van der Waals surface area (Å²) < 4.78 is 10.8. The summed E-state index contributed by atoms with van der Waals surface area (Å²) >= 11 is 1.29. The van der Waals surface area contributed by atoms with Crippen LogP contribution in [0, 0.1) is 6.92 Å². The molecule has 2 rings (SSSR count). The third-order valence-corrected chi connectivity index (χ3v) is 4.05. The molecule has 0 saturated heterocycles. The van der Waals surface area contributed by atoms with Crippen molar-refractivity contribution in [3.63, 3.8) is 0 Å². The van der Waals surface area contributed by atoms with Crippen molar-refractivity contribution in [1.82, 2.24) is 10.4 Å². The van der Waals surface area contributed by atoms with Crippen molar-refractivity contribution in [2.24, 2.45) is 5.84 Å². The van der Waals surface area contributed by atoms with Gasteiger partial charge in [-0.2, -0.15) is 0 Å². The third-order valence-electron chi connectivity index (χ3n) is 2.84. The maximum Gasteiger partial charge on any atom is 0.277 e. The van der Waals surface area contributed by atoms with Gasteiger partial charge in [0.05, 0.1) is 19.4 Å². The maximum atomic E-state index is 11.6. The molecule has 2 aromatic rings. The fraction of sp³-hybridized carbons (Fsp3) is 0.286. The summed E-state index contributed by atoms with van der Waals surface area (Å²) in [5, 5.41) is 0.731. The molecule has 0 atom stereocenters. The van der Waals surface area contributed by atoms with E-state index in [9.17, 15) is 4.79 Å². The lowest BCUT2D eigenvalue weighted by atomic mass is 10.2. The van der Waals surface area contributed by atoms with Gasteiger partial charge >= 0.3 is 0 Å². The number of nitrogens with zero attached hydrogens (tertiary/aromatic N) is 1. The summed E-state index contributed by atoms with van der Waals surface area (Å²) in [6.45, 7) is 4.22. The molecule has 0 spiro atoms. The first-order valence-corrected chi connectivity index (χ1v) is 7.22. The minimum Gasteiger partial charge on any atom is -0.493 e. The number of carbonyl (C=O) groups is 1. The fourth-order valence-corrected chi connectivity index (χ4v) is 2.84. The Bertz CT molecular complexity index is 655. The van der Waals surface area contributed by atoms with Crippen molar-refractivity contribution in [3.05, 3.63) is 28.8 Å². The van der Waals surface area contributed by atoms with Crippen molar-refractivity contribution in [2.45, 2.75) is 13.8 Å². The lowest BCUT2D eigenvalue weighted by Crippen LogP contribution is -2.29. The number of ether oxygens (including phenoxy) is 2. The molecule has 1 amide bonds. The summed E-state index contributed by atoms with van der Waals surface area (Å²) in [6, 6.07) is 5.55. The van der Waals surface area contributed by atoms with Crippen LogP contribution in [0.2, 0.25) is 0 Å². The van der Waals surface area contributed by atoms with E-state index < -0.39 is 0 Å². The molecule has 3 N–H and O–H groups in total. The van der Waals surface area contributed by atoms with Crippen LogP contribution in [-0.2, 0) is 0 Å². The smallest absolute Gasteiger partial charge is 0.277 e. The summed E-state index contributed by atoms with van der Waals surface area (Å²) in [5.41, 5.74) is 3.63. The number of aryl methyl sites for hydroxylation is 1. The number of hydrazine groups is 1. The van der Waals surface area contributed by atoms with E-state index in [4.69, 9.17) is 15.3 Å². The van der Waals surface area contributed by atoms with E-state index >= 15 is 0 Å². The zero-order valence-corrected chi connectivity index (χ0v) is 12.9. The zero-order chi connectivity index (χ0) is 15.4. The molecule has 21 heavy (non-hydrogen) atoms. The Labute approximate surface area is 126 Å². The number of hydrogen-bond donors (Lipinski definition) is 2. The van der Waals surface area contributed by atoms with Gasteiger partial charge < -0.3 is 9.47 Å².